The van der Waals surface area contributed by atoms with E-state index in [1.54, 1.807) is 18.9 Å². The number of hydrogen-bond donors (Lipinski definition) is 2. The maximum absolute atomic E-state index is 12.1. The van der Waals surface area contributed by atoms with Crippen molar-refractivity contribution in [2.75, 3.05) is 13.6 Å². The Morgan fingerprint density at radius 2 is 2.18 bits per heavy atom. The fourth-order valence-electron chi connectivity index (χ4n) is 2.95. The van der Waals surface area contributed by atoms with E-state index in [1.165, 1.54) is 11.1 Å². The number of urea groups is 1. The van der Waals surface area contributed by atoms with Crippen LogP contribution in [-0.2, 0) is 0 Å². The first-order valence-corrected chi connectivity index (χ1v) is 8.14. The second kappa shape index (κ2) is 7.14. The Labute approximate surface area is 133 Å². The molecule has 1 aromatic carbocycles. The molecule has 0 radical (unpaired) electrons. The number of amides is 2. The van der Waals surface area contributed by atoms with Gasteiger partial charge < -0.3 is 15.3 Å². The van der Waals surface area contributed by atoms with Crippen LogP contribution in [0.1, 0.15) is 43.7 Å². The molecular formula is C18H28N2O2. The van der Waals surface area contributed by atoms with Crippen molar-refractivity contribution in [3.05, 3.63) is 35.4 Å². The van der Waals surface area contributed by atoms with Crippen LogP contribution in [0.3, 0.4) is 0 Å². The molecule has 1 saturated carbocycles. The third-order valence-corrected chi connectivity index (χ3v) is 4.53. The van der Waals surface area contributed by atoms with E-state index in [9.17, 15) is 9.90 Å². The summed E-state index contributed by atoms with van der Waals surface area (Å²) in [6, 6.07) is 8.76. The number of nitrogens with zero attached hydrogens (tertiary/aromatic N) is 1. The van der Waals surface area contributed by atoms with E-state index < -0.39 is 0 Å². The molecule has 1 fully saturated rings. The first-order chi connectivity index (χ1) is 10.4. The quantitative estimate of drug-likeness (QED) is 0.849. The van der Waals surface area contributed by atoms with Gasteiger partial charge in [0, 0.05) is 19.6 Å². The summed E-state index contributed by atoms with van der Waals surface area (Å²) >= 11 is 0. The van der Waals surface area contributed by atoms with Gasteiger partial charge in [0.1, 0.15) is 0 Å². The Hall–Kier alpha value is -1.55. The SMILES string of the molecule is Cc1cccc([C@@H]2C[C@@H]2[C@@H](C)NC(=O)N(C)CC[C@@H](C)O)c1. The molecule has 4 nitrogen and oxygen atoms in total. The molecule has 0 spiro atoms. The van der Waals surface area contributed by atoms with E-state index in [-0.39, 0.29) is 18.2 Å². The molecule has 0 bridgehead atoms. The Kier molecular flexibility index (Phi) is 5.46. The van der Waals surface area contributed by atoms with Gasteiger partial charge in [0.15, 0.2) is 0 Å². The van der Waals surface area contributed by atoms with Crippen LogP contribution in [0.25, 0.3) is 0 Å². The summed E-state index contributed by atoms with van der Waals surface area (Å²) in [6.45, 7) is 6.51. The molecule has 0 saturated heterocycles. The van der Waals surface area contributed by atoms with Crippen LogP contribution >= 0.6 is 0 Å². The fourth-order valence-corrected chi connectivity index (χ4v) is 2.95. The van der Waals surface area contributed by atoms with Crippen LogP contribution in [0.15, 0.2) is 24.3 Å². The lowest BCUT2D eigenvalue weighted by molar-refractivity contribution is 0.162. The summed E-state index contributed by atoms with van der Waals surface area (Å²) in [7, 11) is 1.77. The third kappa shape index (κ3) is 4.47. The molecule has 2 rings (SSSR count). The van der Waals surface area contributed by atoms with Gasteiger partial charge in [0.05, 0.1) is 6.10 Å². The van der Waals surface area contributed by atoms with Crippen LogP contribution in [-0.4, -0.2) is 41.8 Å². The van der Waals surface area contributed by atoms with Gasteiger partial charge in [-0.15, -0.1) is 0 Å². The highest BCUT2D eigenvalue weighted by atomic mass is 16.3. The van der Waals surface area contributed by atoms with Crippen LogP contribution in [0.2, 0.25) is 0 Å². The van der Waals surface area contributed by atoms with Crippen molar-refractivity contribution < 1.29 is 9.90 Å². The van der Waals surface area contributed by atoms with Gasteiger partial charge in [-0.05, 0) is 51.0 Å². The van der Waals surface area contributed by atoms with Crippen LogP contribution in [0.5, 0.6) is 0 Å². The van der Waals surface area contributed by atoms with Gasteiger partial charge in [-0.25, -0.2) is 4.79 Å². The van der Waals surface area contributed by atoms with Crippen LogP contribution < -0.4 is 5.32 Å². The minimum absolute atomic E-state index is 0.0527. The van der Waals surface area contributed by atoms with E-state index in [1.807, 2.05) is 0 Å². The van der Waals surface area contributed by atoms with Crippen LogP contribution in [0, 0.1) is 12.8 Å². The van der Waals surface area contributed by atoms with Gasteiger partial charge in [0.25, 0.3) is 0 Å². The molecule has 0 aromatic heterocycles. The number of aryl methyl sites for hydroxylation is 1. The van der Waals surface area contributed by atoms with Gasteiger partial charge in [-0.3, -0.25) is 0 Å². The molecule has 4 atom stereocenters. The summed E-state index contributed by atoms with van der Waals surface area (Å²) in [4.78, 5) is 13.8. The number of aliphatic hydroxyl groups is 1. The zero-order chi connectivity index (χ0) is 16.3. The molecule has 0 unspecified atom stereocenters. The van der Waals surface area contributed by atoms with E-state index in [4.69, 9.17) is 0 Å². The summed E-state index contributed by atoms with van der Waals surface area (Å²) in [5.74, 6) is 1.09. The van der Waals surface area contributed by atoms with Crippen LogP contribution in [0.4, 0.5) is 4.79 Å². The van der Waals surface area contributed by atoms with Crippen molar-refractivity contribution in [2.24, 2.45) is 5.92 Å². The second-order valence-electron chi connectivity index (χ2n) is 6.72. The Morgan fingerprint density at radius 3 is 2.82 bits per heavy atom. The second-order valence-corrected chi connectivity index (χ2v) is 6.72. The largest absolute Gasteiger partial charge is 0.393 e. The number of nitrogens with one attached hydrogen (secondary N) is 1. The van der Waals surface area contributed by atoms with Gasteiger partial charge in [-0.2, -0.15) is 0 Å². The highest BCUT2D eigenvalue weighted by molar-refractivity contribution is 5.74. The van der Waals surface area contributed by atoms with E-state index in [0.29, 0.717) is 24.8 Å². The minimum atomic E-state index is -0.373. The molecule has 2 N–H and O–H groups in total. The summed E-state index contributed by atoms with van der Waals surface area (Å²) in [5, 5.41) is 12.4. The maximum Gasteiger partial charge on any atom is 0.317 e. The van der Waals surface area contributed by atoms with Crippen molar-refractivity contribution in [3.63, 3.8) is 0 Å². The summed E-state index contributed by atoms with van der Waals surface area (Å²) in [6.07, 6.45) is 1.37. The lowest BCUT2D eigenvalue weighted by Gasteiger charge is -2.22. The maximum atomic E-state index is 12.1. The highest BCUT2D eigenvalue weighted by Crippen LogP contribution is 2.49. The molecule has 1 aromatic rings. The zero-order valence-electron chi connectivity index (χ0n) is 14.0. The van der Waals surface area contributed by atoms with Gasteiger partial charge in [-0.1, -0.05) is 29.8 Å². The minimum Gasteiger partial charge on any atom is -0.393 e. The number of benzene rings is 1. The molecule has 1 aliphatic rings. The smallest absolute Gasteiger partial charge is 0.317 e. The van der Waals surface area contributed by atoms with Crippen molar-refractivity contribution in [1.29, 1.82) is 0 Å². The zero-order valence-corrected chi connectivity index (χ0v) is 14.0. The van der Waals surface area contributed by atoms with Crippen molar-refractivity contribution in [2.45, 2.75) is 51.7 Å². The summed E-state index contributed by atoms with van der Waals surface area (Å²) in [5.41, 5.74) is 2.67. The van der Waals surface area contributed by atoms with Crippen molar-refractivity contribution >= 4 is 6.03 Å². The highest BCUT2D eigenvalue weighted by Gasteiger charge is 2.42. The predicted molar refractivity (Wildman–Crippen MR) is 88.9 cm³/mol. The van der Waals surface area contributed by atoms with E-state index in [0.717, 1.165) is 6.42 Å². The molecule has 122 valence electrons. The molecule has 22 heavy (non-hydrogen) atoms. The monoisotopic (exact) mass is 304 g/mol. The Balaban J connectivity index is 1.81. The Morgan fingerprint density at radius 1 is 1.45 bits per heavy atom. The Bertz CT molecular complexity index is 516. The lowest BCUT2D eigenvalue weighted by atomic mass is 10.0. The number of carbonyl (C=O) groups excluding carboxylic acids is 1. The number of aliphatic hydroxyl groups excluding tert-OH is 1. The average molecular weight is 304 g/mol. The average Bonchev–Trinajstić information content (AvgIpc) is 3.25. The first-order valence-electron chi connectivity index (χ1n) is 8.14. The molecule has 1 aliphatic carbocycles. The molecule has 2 amide bonds. The molecule has 4 heteroatoms. The van der Waals surface area contributed by atoms with Crippen molar-refractivity contribution in [1.82, 2.24) is 10.2 Å². The lowest BCUT2D eigenvalue weighted by Crippen LogP contribution is -2.43. The first kappa shape index (κ1) is 16.8. The topological polar surface area (TPSA) is 52.6 Å². The van der Waals surface area contributed by atoms with E-state index in [2.05, 4.69) is 43.4 Å². The standard InChI is InChI=1S/C18H28N2O2/c1-12-6-5-7-15(10-12)17-11-16(17)14(3)19-18(22)20(4)9-8-13(2)21/h5-7,10,13-14,16-17,21H,8-9,11H2,1-4H3,(H,19,22)/t13-,14-,16-,17+/m1/s1. The number of rotatable bonds is 6. The van der Waals surface area contributed by atoms with E-state index >= 15 is 0 Å². The third-order valence-electron chi connectivity index (χ3n) is 4.53. The molecule has 0 heterocycles. The van der Waals surface area contributed by atoms with Crippen molar-refractivity contribution in [3.8, 4) is 0 Å². The summed E-state index contributed by atoms with van der Waals surface area (Å²) < 4.78 is 0. The predicted octanol–water partition coefficient (Wildman–Crippen LogP) is 2.90. The molecule has 0 aliphatic heterocycles. The van der Waals surface area contributed by atoms with Gasteiger partial charge in [0.2, 0.25) is 0 Å². The van der Waals surface area contributed by atoms with Gasteiger partial charge >= 0.3 is 6.03 Å². The number of hydrogen-bond acceptors (Lipinski definition) is 2. The molecular weight excluding hydrogens is 276 g/mol. The fraction of sp³-hybridized carbons (Fsp3) is 0.611. The normalized spacial score (nSPS) is 22.8. The number of carbonyl (C=O) groups is 1.